The number of hydrogen-bond donors (Lipinski definition) is 1. The number of piperidine rings is 1. The van der Waals surface area contributed by atoms with Gasteiger partial charge in [-0.25, -0.2) is 13.4 Å². The van der Waals surface area contributed by atoms with E-state index in [0.29, 0.717) is 12.0 Å². The van der Waals surface area contributed by atoms with Crippen molar-refractivity contribution in [2.45, 2.75) is 67.8 Å². The first-order valence-electron chi connectivity index (χ1n) is 11.7. The minimum absolute atomic E-state index is 0.0505. The largest absolute Gasteiger partial charge is 0.383 e. The number of fused-ring (bicyclic) bond motifs is 1. The lowest BCUT2D eigenvalue weighted by Crippen LogP contribution is -2.40. The molecule has 1 aliphatic heterocycles. The predicted molar refractivity (Wildman–Crippen MR) is 119 cm³/mol. The quantitative estimate of drug-likeness (QED) is 0.765. The average Bonchev–Trinajstić information content (AvgIpc) is 3.17. The number of nitrogens with two attached hydrogens (primary N) is 1. The molecule has 3 saturated carbocycles. The number of sulfone groups is 1. The van der Waals surface area contributed by atoms with Gasteiger partial charge in [-0.3, -0.25) is 9.58 Å². The van der Waals surface area contributed by atoms with Gasteiger partial charge >= 0.3 is 0 Å². The molecule has 0 aromatic carbocycles. The maximum atomic E-state index is 12.1. The standard InChI is InChI=1S/C23H31N5O2S/c1-31(29,30)21-9-14(11-25-23(21)24)19-10-20(28(26-19)16-5-2-3-6-16)22-17-12-27(13-18(17)22)15-7-4-8-15/h9-11,15-18,22H,2-8,12-13H2,1H3,(H2,24,25)/t17-,18+,22?. The van der Waals surface area contributed by atoms with Gasteiger partial charge in [-0.2, -0.15) is 5.10 Å². The number of nitrogen functional groups attached to an aromatic ring is 1. The summed E-state index contributed by atoms with van der Waals surface area (Å²) >= 11 is 0. The number of likely N-dealkylation sites (tertiary alicyclic amines) is 1. The lowest BCUT2D eigenvalue weighted by Gasteiger charge is -2.36. The first-order chi connectivity index (χ1) is 14.9. The van der Waals surface area contributed by atoms with E-state index in [1.54, 1.807) is 12.3 Å². The third kappa shape index (κ3) is 3.30. The number of hydrogen-bond acceptors (Lipinski definition) is 6. The Morgan fingerprint density at radius 1 is 1.00 bits per heavy atom. The Balaban J connectivity index is 1.33. The monoisotopic (exact) mass is 441 g/mol. The lowest BCUT2D eigenvalue weighted by molar-refractivity contribution is 0.140. The Labute approximate surface area is 183 Å². The van der Waals surface area contributed by atoms with Crippen LogP contribution in [0.3, 0.4) is 0 Å². The molecule has 4 aliphatic rings. The molecule has 8 heteroatoms. The number of rotatable bonds is 5. The van der Waals surface area contributed by atoms with E-state index in [4.69, 9.17) is 10.8 Å². The molecule has 2 N–H and O–H groups in total. The molecule has 6 rings (SSSR count). The number of aromatic nitrogens is 3. The highest BCUT2D eigenvalue weighted by atomic mass is 32.2. The highest BCUT2D eigenvalue weighted by Gasteiger charge is 2.58. The maximum absolute atomic E-state index is 12.1. The van der Waals surface area contributed by atoms with Crippen molar-refractivity contribution >= 4 is 15.7 Å². The second kappa shape index (κ2) is 7.04. The number of pyridine rings is 1. The van der Waals surface area contributed by atoms with Crippen LogP contribution >= 0.6 is 0 Å². The summed E-state index contributed by atoms with van der Waals surface area (Å²) in [5.74, 6) is 2.15. The van der Waals surface area contributed by atoms with Gasteiger partial charge < -0.3 is 5.73 Å². The van der Waals surface area contributed by atoms with E-state index in [9.17, 15) is 8.42 Å². The topological polar surface area (TPSA) is 94.1 Å². The first-order valence-corrected chi connectivity index (χ1v) is 13.6. The molecule has 0 radical (unpaired) electrons. The van der Waals surface area contributed by atoms with Gasteiger partial charge in [-0.15, -0.1) is 0 Å². The van der Waals surface area contributed by atoms with Crippen molar-refractivity contribution < 1.29 is 8.42 Å². The lowest BCUT2D eigenvalue weighted by atomic mass is 9.91. The minimum atomic E-state index is -3.44. The van der Waals surface area contributed by atoms with E-state index in [2.05, 4.69) is 20.6 Å². The van der Waals surface area contributed by atoms with Crippen LogP contribution in [0, 0.1) is 11.8 Å². The molecular formula is C23H31N5O2S. The van der Waals surface area contributed by atoms with E-state index < -0.39 is 9.84 Å². The zero-order chi connectivity index (χ0) is 21.3. The van der Waals surface area contributed by atoms with E-state index in [0.717, 1.165) is 29.1 Å². The molecule has 3 aliphatic carbocycles. The number of anilines is 1. The van der Waals surface area contributed by atoms with Crippen molar-refractivity contribution in [2.75, 3.05) is 25.1 Å². The second-order valence-corrected chi connectivity index (χ2v) is 12.1. The number of nitrogens with zero attached hydrogens (tertiary/aromatic N) is 4. The summed E-state index contributed by atoms with van der Waals surface area (Å²) in [5, 5.41) is 5.01. The van der Waals surface area contributed by atoms with Crippen LogP contribution in [0.15, 0.2) is 23.2 Å². The van der Waals surface area contributed by atoms with Crippen LogP contribution in [0.2, 0.25) is 0 Å². The van der Waals surface area contributed by atoms with Gasteiger partial charge in [0.25, 0.3) is 0 Å². The summed E-state index contributed by atoms with van der Waals surface area (Å²) in [6.45, 7) is 2.46. The Bertz CT molecular complexity index is 1100. The summed E-state index contributed by atoms with van der Waals surface area (Å²) in [4.78, 5) is 6.97. The molecule has 0 bridgehead atoms. The minimum Gasteiger partial charge on any atom is -0.383 e. The van der Waals surface area contributed by atoms with E-state index in [-0.39, 0.29) is 10.7 Å². The van der Waals surface area contributed by atoms with Gasteiger partial charge in [-0.1, -0.05) is 19.3 Å². The summed E-state index contributed by atoms with van der Waals surface area (Å²) in [5.41, 5.74) is 8.74. The van der Waals surface area contributed by atoms with Crippen molar-refractivity contribution in [3.63, 3.8) is 0 Å². The van der Waals surface area contributed by atoms with Gasteiger partial charge in [0.15, 0.2) is 9.84 Å². The van der Waals surface area contributed by atoms with Crippen molar-refractivity contribution in [1.29, 1.82) is 0 Å². The first kappa shape index (κ1) is 19.7. The summed E-state index contributed by atoms with van der Waals surface area (Å²) in [7, 11) is -3.44. The molecule has 0 spiro atoms. The van der Waals surface area contributed by atoms with E-state index >= 15 is 0 Å². The third-order valence-electron chi connectivity index (χ3n) is 8.17. The average molecular weight is 442 g/mol. The molecule has 3 atom stereocenters. The zero-order valence-electron chi connectivity index (χ0n) is 18.1. The smallest absolute Gasteiger partial charge is 0.179 e. The Hall–Kier alpha value is -1.93. The Morgan fingerprint density at radius 2 is 1.68 bits per heavy atom. The fourth-order valence-corrected chi connectivity index (χ4v) is 6.95. The molecule has 166 valence electrons. The van der Waals surface area contributed by atoms with Gasteiger partial charge in [0.1, 0.15) is 10.7 Å². The van der Waals surface area contributed by atoms with Gasteiger partial charge in [-0.05, 0) is 49.7 Å². The van der Waals surface area contributed by atoms with Crippen LogP contribution in [0.1, 0.15) is 62.6 Å². The normalized spacial score (nSPS) is 29.3. The second-order valence-electron chi connectivity index (χ2n) is 10.1. The molecule has 7 nitrogen and oxygen atoms in total. The Morgan fingerprint density at radius 3 is 2.29 bits per heavy atom. The molecule has 31 heavy (non-hydrogen) atoms. The molecule has 4 fully saturated rings. The van der Waals surface area contributed by atoms with Crippen LogP contribution in [0.5, 0.6) is 0 Å². The summed E-state index contributed by atoms with van der Waals surface area (Å²) in [6.07, 6.45) is 11.8. The molecule has 2 aromatic heterocycles. The fraction of sp³-hybridized carbons (Fsp3) is 0.652. The van der Waals surface area contributed by atoms with Gasteiger partial charge in [0.2, 0.25) is 0 Å². The van der Waals surface area contributed by atoms with Crippen molar-refractivity contribution in [3.8, 4) is 11.3 Å². The van der Waals surface area contributed by atoms with Crippen LogP contribution in [0.25, 0.3) is 11.3 Å². The maximum Gasteiger partial charge on any atom is 0.179 e. The van der Waals surface area contributed by atoms with E-state index in [1.807, 2.05) is 0 Å². The molecule has 2 aromatic rings. The van der Waals surface area contributed by atoms with Crippen molar-refractivity contribution in [2.24, 2.45) is 11.8 Å². The molecule has 1 unspecified atom stereocenters. The third-order valence-corrected chi connectivity index (χ3v) is 9.29. The molecule has 1 saturated heterocycles. The predicted octanol–water partition coefficient (Wildman–Crippen LogP) is 3.24. The van der Waals surface area contributed by atoms with Crippen LogP contribution in [-0.4, -0.2) is 53.5 Å². The van der Waals surface area contributed by atoms with Crippen molar-refractivity contribution in [1.82, 2.24) is 19.7 Å². The van der Waals surface area contributed by atoms with Gasteiger partial charge in [0, 0.05) is 48.8 Å². The SMILES string of the molecule is CS(=O)(=O)c1cc(-c2cc(C3[C@H]4CN(C5CCC5)C[C@@H]34)n(C3CCCC3)n2)cnc1N. The van der Waals surface area contributed by atoms with Crippen LogP contribution in [0.4, 0.5) is 5.82 Å². The highest BCUT2D eigenvalue weighted by Crippen LogP contribution is 2.60. The Kier molecular flexibility index (Phi) is 4.48. The fourth-order valence-electron chi connectivity index (χ4n) is 6.18. The van der Waals surface area contributed by atoms with Gasteiger partial charge in [0.05, 0.1) is 11.7 Å². The highest BCUT2D eigenvalue weighted by molar-refractivity contribution is 7.90. The summed E-state index contributed by atoms with van der Waals surface area (Å²) in [6, 6.07) is 5.13. The molecule has 0 amide bonds. The zero-order valence-corrected chi connectivity index (χ0v) is 18.9. The van der Waals surface area contributed by atoms with E-state index in [1.165, 1.54) is 70.0 Å². The molecular weight excluding hydrogens is 410 g/mol. The van der Waals surface area contributed by atoms with Crippen LogP contribution < -0.4 is 5.73 Å². The van der Waals surface area contributed by atoms with Crippen LogP contribution in [-0.2, 0) is 9.84 Å². The summed E-state index contributed by atoms with van der Waals surface area (Å²) < 4.78 is 26.6. The van der Waals surface area contributed by atoms with Crippen molar-refractivity contribution in [3.05, 3.63) is 24.0 Å². The molecule has 3 heterocycles.